The third-order valence-corrected chi connectivity index (χ3v) is 3.66. The molecule has 4 heteroatoms. The Morgan fingerprint density at radius 3 is 2.57 bits per heavy atom. The van der Waals surface area contributed by atoms with Gasteiger partial charge >= 0.3 is 0 Å². The van der Waals surface area contributed by atoms with Crippen LogP contribution in [0.3, 0.4) is 0 Å². The van der Waals surface area contributed by atoms with E-state index in [0.717, 1.165) is 28.0 Å². The van der Waals surface area contributed by atoms with E-state index in [0.29, 0.717) is 12.8 Å². The fourth-order valence-corrected chi connectivity index (χ4v) is 2.53. The van der Waals surface area contributed by atoms with Crippen molar-refractivity contribution in [3.05, 3.63) is 53.6 Å². The van der Waals surface area contributed by atoms with E-state index in [1.165, 1.54) is 0 Å². The summed E-state index contributed by atoms with van der Waals surface area (Å²) in [6.45, 7) is 2.01. The third-order valence-electron chi connectivity index (χ3n) is 3.66. The molecule has 1 heterocycles. The molecule has 0 radical (unpaired) electrons. The predicted molar refractivity (Wildman–Crippen MR) is 82.2 cm³/mol. The van der Waals surface area contributed by atoms with Crippen LogP contribution in [0.15, 0.2) is 47.6 Å². The van der Waals surface area contributed by atoms with Gasteiger partial charge in [0.1, 0.15) is 5.75 Å². The molecule has 1 aliphatic heterocycles. The topological polar surface area (TPSA) is 61.7 Å². The van der Waals surface area contributed by atoms with Gasteiger partial charge in [-0.05, 0) is 35.7 Å². The number of rotatable bonds is 2. The van der Waals surface area contributed by atoms with E-state index in [-0.39, 0.29) is 11.7 Å². The van der Waals surface area contributed by atoms with Gasteiger partial charge in [0.05, 0.1) is 5.71 Å². The van der Waals surface area contributed by atoms with Crippen LogP contribution in [0.5, 0.6) is 5.75 Å². The molecule has 0 fully saturated rings. The molecule has 0 atom stereocenters. The Morgan fingerprint density at radius 1 is 1.10 bits per heavy atom. The zero-order valence-electron chi connectivity index (χ0n) is 11.8. The van der Waals surface area contributed by atoms with E-state index in [9.17, 15) is 9.90 Å². The number of phenols is 1. The average Bonchev–Trinajstić information content (AvgIpc) is 2.49. The number of hydrazone groups is 1. The summed E-state index contributed by atoms with van der Waals surface area (Å²) < 4.78 is 0. The van der Waals surface area contributed by atoms with Crippen molar-refractivity contribution in [3.63, 3.8) is 0 Å². The van der Waals surface area contributed by atoms with Crippen molar-refractivity contribution in [1.29, 1.82) is 0 Å². The molecule has 21 heavy (non-hydrogen) atoms. The minimum atomic E-state index is -0.0405. The van der Waals surface area contributed by atoms with Gasteiger partial charge in [0.2, 0.25) is 5.91 Å². The summed E-state index contributed by atoms with van der Waals surface area (Å²) in [5.41, 5.74) is 7.29. The molecule has 2 N–H and O–H groups in total. The van der Waals surface area contributed by atoms with Crippen LogP contribution in [0, 0.1) is 6.92 Å². The number of hydrogen-bond acceptors (Lipinski definition) is 3. The molecule has 4 nitrogen and oxygen atoms in total. The van der Waals surface area contributed by atoms with Crippen LogP contribution >= 0.6 is 0 Å². The van der Waals surface area contributed by atoms with Crippen molar-refractivity contribution >= 4 is 11.6 Å². The van der Waals surface area contributed by atoms with Crippen LogP contribution in [0.4, 0.5) is 0 Å². The highest BCUT2D eigenvalue weighted by atomic mass is 16.3. The van der Waals surface area contributed by atoms with Gasteiger partial charge in [0.25, 0.3) is 0 Å². The van der Waals surface area contributed by atoms with Crippen LogP contribution in [-0.2, 0) is 4.79 Å². The van der Waals surface area contributed by atoms with Gasteiger partial charge in [-0.15, -0.1) is 0 Å². The molecule has 1 amide bonds. The number of nitrogens with one attached hydrogen (secondary N) is 1. The van der Waals surface area contributed by atoms with Crippen LogP contribution < -0.4 is 5.43 Å². The molecule has 1 aliphatic rings. The lowest BCUT2D eigenvalue weighted by Crippen LogP contribution is -2.25. The summed E-state index contributed by atoms with van der Waals surface area (Å²) >= 11 is 0. The monoisotopic (exact) mass is 280 g/mol. The van der Waals surface area contributed by atoms with Crippen molar-refractivity contribution in [2.24, 2.45) is 5.10 Å². The van der Waals surface area contributed by atoms with E-state index in [2.05, 4.69) is 10.5 Å². The lowest BCUT2D eigenvalue weighted by Gasteiger charge is -2.14. The molecule has 0 saturated carbocycles. The van der Waals surface area contributed by atoms with Gasteiger partial charge in [-0.1, -0.05) is 30.3 Å². The summed E-state index contributed by atoms with van der Waals surface area (Å²) in [5, 5.41) is 14.1. The second-order valence-corrected chi connectivity index (χ2v) is 5.14. The number of hydrogen-bond donors (Lipinski definition) is 2. The van der Waals surface area contributed by atoms with Gasteiger partial charge in [0, 0.05) is 18.4 Å². The van der Waals surface area contributed by atoms with E-state index < -0.39 is 0 Å². The first kappa shape index (κ1) is 13.4. The van der Waals surface area contributed by atoms with Crippen molar-refractivity contribution in [1.82, 2.24) is 5.43 Å². The Balaban J connectivity index is 1.97. The summed E-state index contributed by atoms with van der Waals surface area (Å²) in [7, 11) is 0. The Labute approximate surface area is 123 Å². The number of carbonyl (C=O) groups excluding carboxylic acids is 1. The highest BCUT2D eigenvalue weighted by molar-refractivity contribution is 6.04. The maximum absolute atomic E-state index is 11.1. The van der Waals surface area contributed by atoms with Gasteiger partial charge in [0.15, 0.2) is 0 Å². The molecule has 2 aromatic carbocycles. The fourth-order valence-electron chi connectivity index (χ4n) is 2.53. The molecule has 2 aromatic rings. The normalized spacial score (nSPS) is 14.5. The van der Waals surface area contributed by atoms with Crippen LogP contribution in [-0.4, -0.2) is 16.7 Å². The van der Waals surface area contributed by atoms with Crippen molar-refractivity contribution in [2.75, 3.05) is 0 Å². The lowest BCUT2D eigenvalue weighted by molar-refractivity contribution is -0.121. The number of nitrogens with zero attached hydrogens (tertiary/aromatic N) is 1. The van der Waals surface area contributed by atoms with Gasteiger partial charge in [-0.3, -0.25) is 4.79 Å². The number of benzene rings is 2. The lowest BCUT2D eigenvalue weighted by atomic mass is 9.95. The second-order valence-electron chi connectivity index (χ2n) is 5.14. The predicted octanol–water partition coefficient (Wildman–Crippen LogP) is 2.98. The van der Waals surface area contributed by atoms with Gasteiger partial charge in [-0.25, -0.2) is 5.43 Å². The standard InChI is InChI=1S/C17H16N2O2/c1-11-10-12(15-8-9-17(21)19-18-15)6-7-13(11)14-4-2-3-5-16(14)20/h2-7,10,20H,8-9H2,1H3,(H,19,21). The number of aryl methyl sites for hydroxylation is 1. The molecule has 0 aliphatic carbocycles. The minimum Gasteiger partial charge on any atom is -0.507 e. The maximum atomic E-state index is 11.1. The molecule has 0 unspecified atom stereocenters. The molecular weight excluding hydrogens is 264 g/mol. The number of phenolic OH excluding ortho intramolecular Hbond substituents is 1. The van der Waals surface area contributed by atoms with Gasteiger partial charge in [-0.2, -0.15) is 5.10 Å². The number of aromatic hydroxyl groups is 1. The van der Waals surface area contributed by atoms with E-state index in [1.54, 1.807) is 6.07 Å². The Bertz CT molecular complexity index is 735. The Morgan fingerprint density at radius 2 is 1.90 bits per heavy atom. The van der Waals surface area contributed by atoms with Crippen molar-refractivity contribution in [3.8, 4) is 16.9 Å². The van der Waals surface area contributed by atoms with Crippen molar-refractivity contribution < 1.29 is 9.90 Å². The summed E-state index contributed by atoms with van der Waals surface area (Å²) in [6, 6.07) is 13.3. The number of amides is 1. The summed E-state index contributed by atoms with van der Waals surface area (Å²) in [4.78, 5) is 11.1. The second kappa shape index (κ2) is 5.40. The quantitative estimate of drug-likeness (QED) is 0.888. The largest absolute Gasteiger partial charge is 0.507 e. The highest BCUT2D eigenvalue weighted by Crippen LogP contribution is 2.31. The zero-order chi connectivity index (χ0) is 14.8. The van der Waals surface area contributed by atoms with E-state index in [1.807, 2.05) is 43.3 Å². The minimum absolute atomic E-state index is 0.0405. The molecule has 0 saturated heterocycles. The molecule has 0 bridgehead atoms. The average molecular weight is 280 g/mol. The number of carbonyl (C=O) groups is 1. The van der Waals surface area contributed by atoms with Crippen LogP contribution in [0.25, 0.3) is 11.1 Å². The van der Waals surface area contributed by atoms with Crippen LogP contribution in [0.2, 0.25) is 0 Å². The van der Waals surface area contributed by atoms with Crippen LogP contribution in [0.1, 0.15) is 24.0 Å². The highest BCUT2D eigenvalue weighted by Gasteiger charge is 2.14. The fraction of sp³-hybridized carbons (Fsp3) is 0.176. The molecule has 0 aromatic heterocycles. The molecule has 0 spiro atoms. The maximum Gasteiger partial charge on any atom is 0.240 e. The number of para-hydroxylation sites is 1. The molecule has 3 rings (SSSR count). The molecule has 106 valence electrons. The first-order chi connectivity index (χ1) is 10.1. The SMILES string of the molecule is Cc1cc(C2=NNC(=O)CC2)ccc1-c1ccccc1O. The Hall–Kier alpha value is -2.62. The first-order valence-electron chi connectivity index (χ1n) is 6.90. The summed E-state index contributed by atoms with van der Waals surface area (Å²) in [5.74, 6) is 0.233. The smallest absolute Gasteiger partial charge is 0.240 e. The Kier molecular flexibility index (Phi) is 3.44. The van der Waals surface area contributed by atoms with Gasteiger partial charge < -0.3 is 5.11 Å². The van der Waals surface area contributed by atoms with Crippen molar-refractivity contribution in [2.45, 2.75) is 19.8 Å². The first-order valence-corrected chi connectivity index (χ1v) is 6.90. The zero-order valence-corrected chi connectivity index (χ0v) is 11.8. The van der Waals surface area contributed by atoms with E-state index >= 15 is 0 Å². The molecular formula is C17H16N2O2. The van der Waals surface area contributed by atoms with E-state index in [4.69, 9.17) is 0 Å². The summed E-state index contributed by atoms with van der Waals surface area (Å²) in [6.07, 6.45) is 1.13. The third kappa shape index (κ3) is 2.65.